The fraction of sp³-hybridized carbons (Fsp3) is 0.310. The molecule has 6 rings (SSSR count). The summed E-state index contributed by atoms with van der Waals surface area (Å²) in [6.45, 7) is 5.96. The van der Waals surface area contributed by atoms with Gasteiger partial charge in [0.25, 0.3) is 0 Å². The lowest BCUT2D eigenvalue weighted by atomic mass is 10.00. The summed E-state index contributed by atoms with van der Waals surface area (Å²) in [6, 6.07) is 18.1. The minimum Gasteiger partial charge on any atom is -0.388 e. The average molecular weight is 498 g/mol. The number of anilines is 1. The fourth-order valence-electron chi connectivity index (χ4n) is 5.58. The number of fused-ring (bicyclic) bond motifs is 3. The Balaban J connectivity index is 1.25. The molecule has 2 aliphatic rings. The highest BCUT2D eigenvalue weighted by Gasteiger charge is 2.28. The van der Waals surface area contributed by atoms with E-state index in [0.717, 1.165) is 67.3 Å². The summed E-state index contributed by atoms with van der Waals surface area (Å²) < 4.78 is 5.55. The number of hydrogen-bond donors (Lipinski definition) is 3. The van der Waals surface area contributed by atoms with Gasteiger partial charge in [0.15, 0.2) is 0 Å². The van der Waals surface area contributed by atoms with Crippen molar-refractivity contribution < 1.29 is 4.74 Å². The molecular weight excluding hydrogens is 466 g/mol. The number of aromatic amines is 1. The maximum Gasteiger partial charge on any atom is 0.0963 e. The number of thiophene rings is 1. The number of rotatable bonds is 7. The van der Waals surface area contributed by atoms with Crippen molar-refractivity contribution in [1.82, 2.24) is 15.1 Å². The van der Waals surface area contributed by atoms with Crippen molar-refractivity contribution in [2.45, 2.75) is 25.8 Å². The van der Waals surface area contributed by atoms with Crippen LogP contribution in [0.1, 0.15) is 41.0 Å². The van der Waals surface area contributed by atoms with Crippen LogP contribution in [0.3, 0.4) is 0 Å². The van der Waals surface area contributed by atoms with Crippen LogP contribution in [0.5, 0.6) is 0 Å². The first kappa shape index (κ1) is 23.2. The smallest absolute Gasteiger partial charge is 0.0963 e. The van der Waals surface area contributed by atoms with Crippen molar-refractivity contribution in [3.05, 3.63) is 70.1 Å². The first-order valence-corrected chi connectivity index (χ1v) is 13.5. The number of aromatic nitrogens is 2. The van der Waals surface area contributed by atoms with Gasteiger partial charge in [-0.15, -0.1) is 11.3 Å². The van der Waals surface area contributed by atoms with Crippen molar-refractivity contribution in [1.29, 1.82) is 5.41 Å². The van der Waals surface area contributed by atoms with E-state index in [-0.39, 0.29) is 0 Å². The van der Waals surface area contributed by atoms with Gasteiger partial charge in [-0.1, -0.05) is 43.3 Å². The molecule has 1 fully saturated rings. The highest BCUT2D eigenvalue weighted by Crippen LogP contribution is 2.47. The largest absolute Gasteiger partial charge is 0.388 e. The molecule has 4 aromatic rings. The lowest BCUT2D eigenvalue weighted by Gasteiger charge is -2.34. The molecule has 6 nitrogen and oxygen atoms in total. The molecule has 3 N–H and O–H groups in total. The molecule has 36 heavy (non-hydrogen) atoms. The molecule has 1 unspecified atom stereocenters. The SMILES string of the molecule is CCC(c1ccc(-c2cc3c(s2)Cc2c(-c4ccc(C=N)c(NC)c4)n[nH]c2-3)cc1)N1CCOCC1. The standard InChI is InChI=1S/C29H31N5OS/c1-3-25(34-10-12-35-13-11-34)18-4-6-19(7-5-18)26-15-22-27(36-26)16-23-28(32-33-29(22)23)20-8-9-21(17-30)24(14-20)31-2/h4-9,14-15,17,25,30-31H,3,10-13,16H2,1-2H3,(H,32,33). The normalized spacial score (nSPS) is 15.9. The van der Waals surface area contributed by atoms with E-state index in [4.69, 9.17) is 10.1 Å². The number of ether oxygens (including phenoxy) is 1. The van der Waals surface area contributed by atoms with E-state index in [9.17, 15) is 0 Å². The van der Waals surface area contributed by atoms with Crippen LogP contribution >= 0.6 is 11.3 Å². The number of morpholine rings is 1. The molecule has 3 heterocycles. The molecule has 184 valence electrons. The van der Waals surface area contributed by atoms with Crippen molar-refractivity contribution in [2.24, 2.45) is 0 Å². The van der Waals surface area contributed by atoms with Gasteiger partial charge in [-0.2, -0.15) is 5.10 Å². The topological polar surface area (TPSA) is 77.0 Å². The summed E-state index contributed by atoms with van der Waals surface area (Å²) in [7, 11) is 1.89. The predicted molar refractivity (Wildman–Crippen MR) is 148 cm³/mol. The Morgan fingerprint density at radius 3 is 2.64 bits per heavy atom. The van der Waals surface area contributed by atoms with Crippen LogP contribution in [-0.2, 0) is 11.2 Å². The third kappa shape index (κ3) is 3.97. The van der Waals surface area contributed by atoms with E-state index in [2.05, 4.69) is 69.8 Å². The van der Waals surface area contributed by atoms with E-state index < -0.39 is 0 Å². The molecule has 2 aromatic carbocycles. The first-order chi connectivity index (χ1) is 17.7. The van der Waals surface area contributed by atoms with Crippen LogP contribution in [0.15, 0.2) is 48.5 Å². The highest BCUT2D eigenvalue weighted by atomic mass is 32.1. The van der Waals surface area contributed by atoms with Crippen LogP contribution in [0.25, 0.3) is 33.0 Å². The molecule has 0 bridgehead atoms. The maximum atomic E-state index is 7.61. The van der Waals surface area contributed by atoms with Crippen LogP contribution in [0, 0.1) is 5.41 Å². The lowest BCUT2D eigenvalue weighted by Crippen LogP contribution is -2.38. The van der Waals surface area contributed by atoms with Gasteiger partial charge in [0.05, 0.1) is 24.6 Å². The average Bonchev–Trinajstić information content (AvgIpc) is 3.61. The molecule has 0 saturated carbocycles. The Morgan fingerprint density at radius 1 is 1.14 bits per heavy atom. The molecule has 7 heteroatoms. The summed E-state index contributed by atoms with van der Waals surface area (Å²) in [4.78, 5) is 5.25. The first-order valence-electron chi connectivity index (χ1n) is 12.6. The van der Waals surface area contributed by atoms with Crippen molar-refractivity contribution >= 4 is 23.2 Å². The zero-order valence-electron chi connectivity index (χ0n) is 20.7. The predicted octanol–water partition coefficient (Wildman–Crippen LogP) is 6.20. The lowest BCUT2D eigenvalue weighted by molar-refractivity contribution is 0.0152. The summed E-state index contributed by atoms with van der Waals surface area (Å²) in [5.74, 6) is 0. The van der Waals surface area contributed by atoms with Crippen molar-refractivity contribution in [3.8, 4) is 33.0 Å². The molecule has 1 atom stereocenters. The Hall–Kier alpha value is -3.26. The Bertz CT molecular complexity index is 1400. The number of H-pyrrole nitrogens is 1. The Labute approximate surface area is 215 Å². The number of benzene rings is 2. The summed E-state index contributed by atoms with van der Waals surface area (Å²) in [5.41, 5.74) is 10.2. The second-order valence-corrected chi connectivity index (χ2v) is 10.6. The number of hydrogen-bond acceptors (Lipinski definition) is 6. The van der Waals surface area contributed by atoms with Gasteiger partial charge < -0.3 is 15.5 Å². The summed E-state index contributed by atoms with van der Waals surface area (Å²) in [5, 5.41) is 18.8. The minimum absolute atomic E-state index is 0.457. The molecule has 0 amide bonds. The quantitative estimate of drug-likeness (QED) is 0.234. The number of nitrogens with one attached hydrogen (secondary N) is 3. The van der Waals surface area contributed by atoms with Gasteiger partial charge in [0.1, 0.15) is 0 Å². The summed E-state index contributed by atoms with van der Waals surface area (Å²) in [6.07, 6.45) is 3.38. The van der Waals surface area contributed by atoms with Crippen molar-refractivity contribution in [3.63, 3.8) is 0 Å². The molecular formula is C29H31N5OS. The fourth-order valence-corrected chi connectivity index (χ4v) is 6.77. The van der Waals surface area contributed by atoms with Crippen LogP contribution < -0.4 is 5.32 Å². The maximum absolute atomic E-state index is 7.61. The van der Waals surface area contributed by atoms with E-state index in [1.165, 1.54) is 38.2 Å². The molecule has 1 saturated heterocycles. The van der Waals surface area contributed by atoms with Crippen molar-refractivity contribution in [2.75, 3.05) is 38.7 Å². The summed E-state index contributed by atoms with van der Waals surface area (Å²) >= 11 is 1.89. The highest BCUT2D eigenvalue weighted by molar-refractivity contribution is 7.16. The van der Waals surface area contributed by atoms with Gasteiger partial charge in [-0.05, 0) is 29.7 Å². The third-order valence-electron chi connectivity index (χ3n) is 7.49. The zero-order valence-corrected chi connectivity index (χ0v) is 21.5. The van der Waals surface area contributed by atoms with Crippen LogP contribution in [-0.4, -0.2) is 54.7 Å². The van der Waals surface area contributed by atoms with Gasteiger partial charge in [0, 0.05) is 76.5 Å². The van der Waals surface area contributed by atoms with Gasteiger partial charge in [-0.25, -0.2) is 0 Å². The molecule has 1 aliphatic carbocycles. The number of nitrogens with zero attached hydrogens (tertiary/aromatic N) is 2. The molecule has 0 radical (unpaired) electrons. The zero-order chi connectivity index (χ0) is 24.6. The van der Waals surface area contributed by atoms with Gasteiger partial charge in [-0.3, -0.25) is 10.00 Å². The van der Waals surface area contributed by atoms with E-state index in [1.807, 2.05) is 24.5 Å². The van der Waals surface area contributed by atoms with E-state index in [1.54, 1.807) is 0 Å². The van der Waals surface area contributed by atoms with Gasteiger partial charge in [0.2, 0.25) is 0 Å². The van der Waals surface area contributed by atoms with Crippen LogP contribution in [0.4, 0.5) is 5.69 Å². The Morgan fingerprint density at radius 2 is 1.92 bits per heavy atom. The van der Waals surface area contributed by atoms with Gasteiger partial charge >= 0.3 is 0 Å². The third-order valence-corrected chi connectivity index (χ3v) is 8.67. The molecule has 1 aliphatic heterocycles. The second-order valence-electron chi connectivity index (χ2n) is 9.44. The Kier molecular flexibility index (Phi) is 6.21. The van der Waals surface area contributed by atoms with Crippen LogP contribution in [0.2, 0.25) is 0 Å². The molecule has 2 aromatic heterocycles. The van der Waals surface area contributed by atoms with E-state index in [0.29, 0.717) is 6.04 Å². The second kappa shape index (κ2) is 9.65. The monoisotopic (exact) mass is 497 g/mol. The van der Waals surface area contributed by atoms with E-state index >= 15 is 0 Å². The minimum atomic E-state index is 0.457. The molecule has 0 spiro atoms.